The summed E-state index contributed by atoms with van der Waals surface area (Å²) in [6.07, 6.45) is 2.71. The van der Waals surface area contributed by atoms with E-state index in [2.05, 4.69) is 10.6 Å². The molecule has 28 heavy (non-hydrogen) atoms. The van der Waals surface area contributed by atoms with Gasteiger partial charge in [-0.1, -0.05) is 55.3 Å². The van der Waals surface area contributed by atoms with E-state index in [1.165, 1.54) is 0 Å². The van der Waals surface area contributed by atoms with Crippen molar-refractivity contribution in [3.63, 3.8) is 0 Å². The lowest BCUT2D eigenvalue weighted by Gasteiger charge is -2.27. The quantitative estimate of drug-likeness (QED) is 0.715. The van der Waals surface area contributed by atoms with Gasteiger partial charge in [0.25, 0.3) is 5.91 Å². The van der Waals surface area contributed by atoms with Crippen LogP contribution in [0.5, 0.6) is 0 Å². The summed E-state index contributed by atoms with van der Waals surface area (Å²) >= 11 is 0. The monoisotopic (exact) mass is 380 g/mol. The van der Waals surface area contributed by atoms with Crippen LogP contribution in [-0.4, -0.2) is 22.9 Å². The van der Waals surface area contributed by atoms with Gasteiger partial charge in [0, 0.05) is 6.54 Å². The molecule has 1 saturated carbocycles. The molecule has 0 aliphatic heterocycles. The summed E-state index contributed by atoms with van der Waals surface area (Å²) in [6, 6.07) is 16.3. The highest BCUT2D eigenvalue weighted by Gasteiger charge is 2.36. The summed E-state index contributed by atoms with van der Waals surface area (Å²) in [5.74, 6) is -2.82. The summed E-state index contributed by atoms with van der Waals surface area (Å²) in [6.45, 7) is 0.381. The van der Waals surface area contributed by atoms with Gasteiger partial charge >= 0.3 is 5.97 Å². The van der Waals surface area contributed by atoms with Gasteiger partial charge in [0.05, 0.1) is 23.1 Å². The number of para-hydroxylation sites is 1. The smallest absolute Gasteiger partial charge is 0.307 e. The Balaban J connectivity index is 1.70. The van der Waals surface area contributed by atoms with Crippen LogP contribution >= 0.6 is 0 Å². The lowest BCUT2D eigenvalue weighted by molar-refractivity contribution is -0.147. The van der Waals surface area contributed by atoms with Gasteiger partial charge in [0.2, 0.25) is 5.91 Å². The largest absolute Gasteiger partial charge is 0.481 e. The molecule has 2 atom stereocenters. The molecule has 0 radical (unpaired) electrons. The summed E-state index contributed by atoms with van der Waals surface area (Å²) < 4.78 is 0. The maximum atomic E-state index is 12.7. The predicted octanol–water partition coefficient (Wildman–Crippen LogP) is 3.45. The highest BCUT2D eigenvalue weighted by atomic mass is 16.4. The molecule has 1 aliphatic rings. The number of nitrogens with one attached hydrogen (secondary N) is 2. The molecule has 2 aromatic carbocycles. The van der Waals surface area contributed by atoms with Crippen LogP contribution in [0.15, 0.2) is 54.6 Å². The van der Waals surface area contributed by atoms with Crippen molar-refractivity contribution in [2.75, 3.05) is 5.32 Å². The van der Waals surface area contributed by atoms with Crippen molar-refractivity contribution in [3.05, 3.63) is 65.7 Å². The SMILES string of the molecule is O=C(NCc1ccccc1)c1ccccc1NC(=O)C1CCCCC1C(=O)O. The predicted molar refractivity (Wildman–Crippen MR) is 106 cm³/mol. The molecule has 146 valence electrons. The lowest BCUT2D eigenvalue weighted by atomic mass is 9.78. The third-order valence-corrected chi connectivity index (χ3v) is 5.15. The lowest BCUT2D eigenvalue weighted by Crippen LogP contribution is -2.36. The number of rotatable bonds is 6. The minimum Gasteiger partial charge on any atom is -0.481 e. The molecule has 2 aromatic rings. The topological polar surface area (TPSA) is 95.5 Å². The van der Waals surface area contributed by atoms with Gasteiger partial charge < -0.3 is 15.7 Å². The van der Waals surface area contributed by atoms with E-state index in [9.17, 15) is 19.5 Å². The molecular formula is C22H24N2O4. The van der Waals surface area contributed by atoms with E-state index in [-0.39, 0.29) is 11.8 Å². The Bertz CT molecular complexity index is 851. The molecule has 2 amide bonds. The second-order valence-corrected chi connectivity index (χ2v) is 7.04. The first kappa shape index (κ1) is 19.6. The van der Waals surface area contributed by atoms with E-state index in [1.807, 2.05) is 30.3 Å². The number of hydrogen-bond acceptors (Lipinski definition) is 3. The first-order valence-corrected chi connectivity index (χ1v) is 9.51. The second kappa shape index (κ2) is 9.17. The molecule has 0 heterocycles. The number of carboxylic acids is 1. The summed E-state index contributed by atoms with van der Waals surface area (Å²) in [7, 11) is 0. The Labute approximate surface area is 164 Å². The molecule has 0 saturated heterocycles. The fraction of sp³-hybridized carbons (Fsp3) is 0.318. The highest BCUT2D eigenvalue weighted by Crippen LogP contribution is 2.31. The number of carboxylic acid groups (broad SMARTS) is 1. The van der Waals surface area contributed by atoms with Crippen molar-refractivity contribution in [2.45, 2.75) is 32.2 Å². The van der Waals surface area contributed by atoms with Gasteiger partial charge in [0.15, 0.2) is 0 Å². The zero-order valence-corrected chi connectivity index (χ0v) is 15.6. The zero-order chi connectivity index (χ0) is 19.9. The van der Waals surface area contributed by atoms with Crippen molar-refractivity contribution in [3.8, 4) is 0 Å². The second-order valence-electron chi connectivity index (χ2n) is 7.04. The van der Waals surface area contributed by atoms with Crippen molar-refractivity contribution < 1.29 is 19.5 Å². The number of hydrogen-bond donors (Lipinski definition) is 3. The van der Waals surface area contributed by atoms with Crippen LogP contribution in [-0.2, 0) is 16.1 Å². The number of carbonyl (C=O) groups excluding carboxylic acids is 2. The minimum atomic E-state index is -0.936. The van der Waals surface area contributed by atoms with Crippen LogP contribution in [0.1, 0.15) is 41.6 Å². The highest BCUT2D eigenvalue weighted by molar-refractivity contribution is 6.04. The van der Waals surface area contributed by atoms with E-state index >= 15 is 0 Å². The van der Waals surface area contributed by atoms with Crippen molar-refractivity contribution in [2.24, 2.45) is 11.8 Å². The normalized spacial score (nSPS) is 18.9. The van der Waals surface area contributed by atoms with Gasteiger partial charge in [-0.2, -0.15) is 0 Å². The minimum absolute atomic E-state index is 0.293. The van der Waals surface area contributed by atoms with Crippen LogP contribution in [0, 0.1) is 11.8 Å². The fourth-order valence-electron chi connectivity index (χ4n) is 3.63. The maximum Gasteiger partial charge on any atom is 0.307 e. The summed E-state index contributed by atoms with van der Waals surface area (Å²) in [5.41, 5.74) is 1.73. The molecule has 6 nitrogen and oxygen atoms in total. The Kier molecular flexibility index (Phi) is 6.42. The molecular weight excluding hydrogens is 356 g/mol. The van der Waals surface area contributed by atoms with Crippen molar-refractivity contribution in [1.29, 1.82) is 0 Å². The molecule has 0 spiro atoms. The van der Waals surface area contributed by atoms with Crippen LogP contribution in [0.2, 0.25) is 0 Å². The fourth-order valence-corrected chi connectivity index (χ4v) is 3.63. The van der Waals surface area contributed by atoms with Gasteiger partial charge in [0.1, 0.15) is 0 Å². The van der Waals surface area contributed by atoms with Crippen LogP contribution in [0.25, 0.3) is 0 Å². The molecule has 1 aliphatic carbocycles. The molecule has 2 unspecified atom stereocenters. The maximum absolute atomic E-state index is 12.7. The molecule has 0 bridgehead atoms. The third-order valence-electron chi connectivity index (χ3n) is 5.15. The molecule has 3 rings (SSSR count). The first-order chi connectivity index (χ1) is 13.6. The van der Waals surface area contributed by atoms with Gasteiger partial charge in [-0.25, -0.2) is 0 Å². The Morgan fingerprint density at radius 2 is 1.54 bits per heavy atom. The van der Waals surface area contributed by atoms with E-state index in [0.717, 1.165) is 18.4 Å². The Morgan fingerprint density at radius 3 is 2.25 bits per heavy atom. The van der Waals surface area contributed by atoms with Gasteiger partial charge in [-0.05, 0) is 30.5 Å². The number of benzene rings is 2. The number of carbonyl (C=O) groups is 3. The number of amides is 2. The molecule has 0 aromatic heterocycles. The third kappa shape index (κ3) is 4.76. The average Bonchev–Trinajstić information content (AvgIpc) is 2.73. The molecule has 6 heteroatoms. The first-order valence-electron chi connectivity index (χ1n) is 9.51. The van der Waals surface area contributed by atoms with Crippen molar-refractivity contribution in [1.82, 2.24) is 5.32 Å². The number of anilines is 1. The van der Waals surface area contributed by atoms with Crippen molar-refractivity contribution >= 4 is 23.5 Å². The summed E-state index contributed by atoms with van der Waals surface area (Å²) in [5, 5.41) is 15.0. The van der Waals surface area contributed by atoms with E-state index in [1.54, 1.807) is 24.3 Å². The standard InChI is InChI=1S/C22H24N2O4/c25-20(23-14-15-8-2-1-3-9-15)18-12-6-7-13-19(18)24-21(26)16-10-4-5-11-17(16)22(27)28/h1-3,6-9,12-13,16-17H,4-5,10-11,14H2,(H,23,25)(H,24,26)(H,27,28). The van der Waals surface area contributed by atoms with E-state index < -0.39 is 17.8 Å². The van der Waals surface area contributed by atoms with Crippen LogP contribution < -0.4 is 10.6 Å². The van der Waals surface area contributed by atoms with Crippen LogP contribution in [0.3, 0.4) is 0 Å². The Hall–Kier alpha value is -3.15. The molecule has 1 fully saturated rings. The Morgan fingerprint density at radius 1 is 0.893 bits per heavy atom. The molecule has 3 N–H and O–H groups in total. The summed E-state index contributed by atoms with van der Waals surface area (Å²) in [4.78, 5) is 36.8. The number of aliphatic carboxylic acids is 1. The van der Waals surface area contributed by atoms with E-state index in [4.69, 9.17) is 0 Å². The van der Waals surface area contributed by atoms with E-state index in [0.29, 0.717) is 30.6 Å². The average molecular weight is 380 g/mol. The van der Waals surface area contributed by atoms with Crippen LogP contribution in [0.4, 0.5) is 5.69 Å². The zero-order valence-electron chi connectivity index (χ0n) is 15.6. The van der Waals surface area contributed by atoms with Gasteiger partial charge in [-0.3, -0.25) is 14.4 Å². The van der Waals surface area contributed by atoms with Gasteiger partial charge in [-0.15, -0.1) is 0 Å².